The number of ether oxygens (including phenoxy) is 2. The fraction of sp³-hybridized carbons (Fsp3) is 0.880. The van der Waals surface area contributed by atoms with Crippen LogP contribution in [0.3, 0.4) is 0 Å². The molecule has 0 spiro atoms. The van der Waals surface area contributed by atoms with Crippen molar-refractivity contribution in [3.05, 3.63) is 0 Å². The molecule has 0 saturated carbocycles. The number of amides is 2. The molecule has 2 amide bonds. The van der Waals surface area contributed by atoms with E-state index >= 15 is 0 Å². The van der Waals surface area contributed by atoms with Crippen molar-refractivity contribution in [2.75, 3.05) is 13.1 Å². The topological polar surface area (TPSA) is 106 Å². The number of carboxylic acid groups (broad SMARTS) is 1. The molecule has 0 aromatic rings. The lowest BCUT2D eigenvalue weighted by molar-refractivity contribution is -0.142. The lowest BCUT2D eigenvalue weighted by Crippen LogP contribution is -2.46. The summed E-state index contributed by atoms with van der Waals surface area (Å²) >= 11 is 0. The smallest absolute Gasteiger partial charge is 0.411 e. The fourth-order valence-electron chi connectivity index (χ4n) is 4.39. The van der Waals surface area contributed by atoms with Gasteiger partial charge in [-0.1, -0.05) is 20.8 Å². The Morgan fingerprint density at radius 2 is 1.29 bits per heavy atom. The SMILES string of the molecule is CC(C)(C)OC(=O)N1CC([C@@H]2C[C@@H](O[Si](C)(C)C(C)(C)C)CN2C(=O)OC(C)(C)C)CC1C(=O)O. The molecular formula is C25H46N2O7Si. The van der Waals surface area contributed by atoms with Crippen LogP contribution < -0.4 is 0 Å². The predicted molar refractivity (Wildman–Crippen MR) is 136 cm³/mol. The lowest BCUT2D eigenvalue weighted by Gasteiger charge is -2.38. The Bertz CT molecular complexity index is 810. The number of aliphatic carboxylic acids is 1. The molecule has 2 aliphatic heterocycles. The van der Waals surface area contributed by atoms with E-state index in [1.54, 1.807) is 25.7 Å². The summed E-state index contributed by atoms with van der Waals surface area (Å²) in [6.07, 6.45) is -0.446. The molecule has 10 heteroatoms. The molecule has 35 heavy (non-hydrogen) atoms. The molecule has 2 saturated heterocycles. The van der Waals surface area contributed by atoms with E-state index in [9.17, 15) is 19.5 Å². The maximum Gasteiger partial charge on any atom is 0.411 e. The molecular weight excluding hydrogens is 468 g/mol. The maximum atomic E-state index is 13.2. The van der Waals surface area contributed by atoms with Crippen molar-refractivity contribution in [2.24, 2.45) is 5.92 Å². The third kappa shape index (κ3) is 7.58. The van der Waals surface area contributed by atoms with Gasteiger partial charge in [0.2, 0.25) is 0 Å². The van der Waals surface area contributed by atoms with Gasteiger partial charge in [0.25, 0.3) is 0 Å². The Balaban J connectivity index is 2.31. The summed E-state index contributed by atoms with van der Waals surface area (Å²) in [4.78, 5) is 41.0. The highest BCUT2D eigenvalue weighted by Crippen LogP contribution is 2.41. The van der Waals surface area contributed by atoms with Crippen LogP contribution in [0, 0.1) is 5.92 Å². The Hall–Kier alpha value is -1.81. The molecule has 2 fully saturated rings. The standard InChI is InChI=1S/C25H46N2O7Si/c1-23(2,3)32-21(30)26-14-16(12-19(26)20(28)29)18-13-17(34-35(10,11)25(7,8)9)15-27(18)22(31)33-24(4,5)6/h16-19H,12-15H2,1-11H3,(H,28,29)/t16?,17-,18+,19?/m1/s1. The molecule has 9 nitrogen and oxygen atoms in total. The molecule has 0 bridgehead atoms. The van der Waals surface area contributed by atoms with Crippen LogP contribution in [0.15, 0.2) is 0 Å². The van der Waals surface area contributed by atoms with E-state index < -0.39 is 43.7 Å². The average Bonchev–Trinajstić information content (AvgIpc) is 3.21. The summed E-state index contributed by atoms with van der Waals surface area (Å²) in [5.74, 6) is -1.31. The number of carboxylic acids is 1. The lowest BCUT2D eigenvalue weighted by atomic mass is 9.94. The molecule has 0 radical (unpaired) electrons. The largest absolute Gasteiger partial charge is 0.480 e. The van der Waals surface area contributed by atoms with Crippen LogP contribution in [0.5, 0.6) is 0 Å². The molecule has 202 valence electrons. The number of rotatable bonds is 4. The zero-order chi connectivity index (χ0) is 27.1. The molecule has 2 unspecified atom stereocenters. The number of carbonyl (C=O) groups is 3. The van der Waals surface area contributed by atoms with Gasteiger partial charge in [-0.2, -0.15) is 0 Å². The van der Waals surface area contributed by atoms with Gasteiger partial charge in [-0.05, 0) is 78.4 Å². The van der Waals surface area contributed by atoms with Gasteiger partial charge in [0.1, 0.15) is 17.2 Å². The van der Waals surface area contributed by atoms with Crippen LogP contribution in [0.25, 0.3) is 0 Å². The second kappa shape index (κ2) is 9.92. The third-order valence-electron chi connectivity index (χ3n) is 6.99. The van der Waals surface area contributed by atoms with Crippen LogP contribution in [-0.2, 0) is 18.7 Å². The molecule has 0 aromatic heterocycles. The molecule has 0 aliphatic carbocycles. The molecule has 4 atom stereocenters. The Morgan fingerprint density at radius 1 is 0.800 bits per heavy atom. The minimum Gasteiger partial charge on any atom is -0.480 e. The van der Waals surface area contributed by atoms with Crippen LogP contribution in [0.2, 0.25) is 18.1 Å². The summed E-state index contributed by atoms with van der Waals surface area (Å²) in [5.41, 5.74) is -1.40. The first-order valence-electron chi connectivity index (χ1n) is 12.5. The van der Waals surface area contributed by atoms with Crippen LogP contribution in [-0.4, -0.2) is 83.9 Å². The quantitative estimate of drug-likeness (QED) is 0.521. The Kier molecular flexibility index (Phi) is 8.33. The number of likely N-dealkylation sites (tertiary alicyclic amines) is 2. The molecule has 2 aliphatic rings. The normalized spacial score (nSPS) is 26.1. The van der Waals surface area contributed by atoms with E-state index in [1.165, 1.54) is 4.90 Å². The summed E-state index contributed by atoms with van der Waals surface area (Å²) in [5, 5.41) is 9.85. The van der Waals surface area contributed by atoms with Crippen molar-refractivity contribution in [1.82, 2.24) is 9.80 Å². The van der Waals surface area contributed by atoms with E-state index in [0.29, 0.717) is 13.0 Å². The van der Waals surface area contributed by atoms with Gasteiger partial charge in [0, 0.05) is 19.1 Å². The minimum absolute atomic E-state index is 0.0110. The number of carbonyl (C=O) groups excluding carboxylic acids is 2. The molecule has 1 N–H and O–H groups in total. The number of hydrogen-bond acceptors (Lipinski definition) is 6. The molecule has 2 heterocycles. The zero-order valence-electron chi connectivity index (χ0n) is 23.4. The Labute approximate surface area is 211 Å². The summed E-state index contributed by atoms with van der Waals surface area (Å²) in [6.45, 7) is 22.2. The number of hydrogen-bond donors (Lipinski definition) is 1. The summed E-state index contributed by atoms with van der Waals surface area (Å²) in [6, 6.07) is -1.30. The fourth-order valence-corrected chi connectivity index (χ4v) is 5.74. The first-order valence-corrected chi connectivity index (χ1v) is 15.4. The van der Waals surface area contributed by atoms with Crippen molar-refractivity contribution in [1.29, 1.82) is 0 Å². The van der Waals surface area contributed by atoms with Gasteiger partial charge in [0.05, 0.1) is 6.10 Å². The highest BCUT2D eigenvalue weighted by molar-refractivity contribution is 6.74. The van der Waals surface area contributed by atoms with E-state index in [0.717, 1.165) is 0 Å². The predicted octanol–water partition coefficient (Wildman–Crippen LogP) is 5.10. The van der Waals surface area contributed by atoms with Crippen molar-refractivity contribution >= 4 is 26.5 Å². The van der Waals surface area contributed by atoms with Crippen molar-refractivity contribution < 1.29 is 33.4 Å². The third-order valence-corrected chi connectivity index (χ3v) is 11.5. The average molecular weight is 515 g/mol. The first-order chi connectivity index (χ1) is 15.6. The van der Waals surface area contributed by atoms with Crippen LogP contribution in [0.4, 0.5) is 9.59 Å². The van der Waals surface area contributed by atoms with E-state index in [-0.39, 0.29) is 36.1 Å². The minimum atomic E-state index is -2.10. The van der Waals surface area contributed by atoms with Crippen LogP contribution >= 0.6 is 0 Å². The van der Waals surface area contributed by atoms with Crippen molar-refractivity contribution in [3.63, 3.8) is 0 Å². The van der Waals surface area contributed by atoms with Gasteiger partial charge < -0.3 is 23.9 Å². The van der Waals surface area contributed by atoms with Crippen molar-refractivity contribution in [3.8, 4) is 0 Å². The first kappa shape index (κ1) is 29.4. The zero-order valence-corrected chi connectivity index (χ0v) is 24.4. The van der Waals surface area contributed by atoms with Gasteiger partial charge in [-0.15, -0.1) is 0 Å². The molecule has 2 rings (SSSR count). The van der Waals surface area contributed by atoms with Crippen LogP contribution in [0.1, 0.15) is 75.2 Å². The van der Waals surface area contributed by atoms with Crippen molar-refractivity contribution in [2.45, 2.75) is 123 Å². The van der Waals surface area contributed by atoms with E-state index in [1.807, 2.05) is 20.8 Å². The van der Waals surface area contributed by atoms with Gasteiger partial charge >= 0.3 is 18.2 Å². The molecule has 0 aromatic carbocycles. The van der Waals surface area contributed by atoms with Gasteiger partial charge in [-0.25, -0.2) is 14.4 Å². The van der Waals surface area contributed by atoms with Gasteiger partial charge in [0.15, 0.2) is 8.32 Å². The highest BCUT2D eigenvalue weighted by atomic mass is 28.4. The highest BCUT2D eigenvalue weighted by Gasteiger charge is 2.51. The monoisotopic (exact) mass is 514 g/mol. The Morgan fingerprint density at radius 3 is 1.71 bits per heavy atom. The summed E-state index contributed by atoms with van der Waals surface area (Å²) in [7, 11) is -2.10. The van der Waals surface area contributed by atoms with Gasteiger partial charge in [-0.3, -0.25) is 4.90 Å². The summed E-state index contributed by atoms with van der Waals surface area (Å²) < 4.78 is 17.8. The maximum absolute atomic E-state index is 13.2. The van der Waals surface area contributed by atoms with E-state index in [4.69, 9.17) is 13.9 Å². The second-order valence-electron chi connectivity index (χ2n) is 13.4. The number of nitrogens with zero attached hydrogens (tertiary/aromatic N) is 2. The second-order valence-corrected chi connectivity index (χ2v) is 18.2. The van der Waals surface area contributed by atoms with E-state index in [2.05, 4.69) is 33.9 Å².